The highest BCUT2D eigenvalue weighted by Crippen LogP contribution is 2.34. The highest BCUT2D eigenvalue weighted by atomic mass is 15.3. The summed E-state index contributed by atoms with van der Waals surface area (Å²) < 4.78 is 6.36. The van der Waals surface area contributed by atoms with Gasteiger partial charge in [0.05, 0.1) is 11.3 Å². The molecule has 6 aromatic rings. The van der Waals surface area contributed by atoms with E-state index < -0.39 is 0 Å². The van der Waals surface area contributed by atoms with Gasteiger partial charge in [0.1, 0.15) is 17.6 Å². The summed E-state index contributed by atoms with van der Waals surface area (Å²) in [5, 5.41) is 26.6. The third-order valence-corrected chi connectivity index (χ3v) is 7.90. The van der Waals surface area contributed by atoms with Crippen molar-refractivity contribution in [1.29, 1.82) is 5.26 Å². The number of nitriles is 1. The summed E-state index contributed by atoms with van der Waals surface area (Å²) in [7, 11) is 0. The van der Waals surface area contributed by atoms with Gasteiger partial charge in [0, 0.05) is 58.6 Å². The second kappa shape index (κ2) is 9.97. The molecular weight excluding hydrogens is 494 g/mol. The van der Waals surface area contributed by atoms with Crippen LogP contribution in [-0.2, 0) is 19.5 Å². The minimum absolute atomic E-state index is 0.498. The standard InChI is InChI=1S/C33H29N7/c1-2-38-29-14-9-8-13-27(29)28-20-23(16-17-30(28)38)32-25(22-40(37-32)26-11-5-3-6-12-26)19-24(21-34)33-36-35-31-15-7-4-10-18-39(31)33/h3,5-6,8-9,11-14,16-17,19-20,22H,2,4,7,10,15,18H2,1H3. The van der Waals surface area contributed by atoms with Crippen LogP contribution >= 0.6 is 0 Å². The fraction of sp³-hybridized carbons (Fsp3) is 0.212. The van der Waals surface area contributed by atoms with Crippen molar-refractivity contribution in [3.8, 4) is 23.0 Å². The Labute approximate surface area is 232 Å². The van der Waals surface area contributed by atoms with E-state index in [4.69, 9.17) is 5.10 Å². The molecule has 1 aliphatic heterocycles. The topological polar surface area (TPSA) is 77.2 Å². The fourth-order valence-electron chi connectivity index (χ4n) is 5.96. The molecule has 0 spiro atoms. The van der Waals surface area contributed by atoms with Crippen molar-refractivity contribution in [2.45, 2.75) is 45.7 Å². The van der Waals surface area contributed by atoms with Crippen molar-refractivity contribution < 1.29 is 0 Å². The number of allylic oxidation sites excluding steroid dienone is 1. The zero-order valence-corrected chi connectivity index (χ0v) is 22.5. The normalized spacial score (nSPS) is 13.8. The van der Waals surface area contributed by atoms with E-state index in [0.29, 0.717) is 11.4 Å². The first-order valence-corrected chi connectivity index (χ1v) is 14.0. The van der Waals surface area contributed by atoms with Crippen LogP contribution in [0.5, 0.6) is 0 Å². The maximum Gasteiger partial charge on any atom is 0.174 e. The second-order valence-electron chi connectivity index (χ2n) is 10.3. The van der Waals surface area contributed by atoms with Crippen molar-refractivity contribution in [2.75, 3.05) is 0 Å². The summed E-state index contributed by atoms with van der Waals surface area (Å²) in [6, 6.07) is 27.6. The summed E-state index contributed by atoms with van der Waals surface area (Å²) in [5.41, 5.74) is 6.58. The fourth-order valence-corrected chi connectivity index (χ4v) is 5.96. The van der Waals surface area contributed by atoms with E-state index in [-0.39, 0.29) is 0 Å². The monoisotopic (exact) mass is 523 g/mol. The predicted molar refractivity (Wildman–Crippen MR) is 159 cm³/mol. The van der Waals surface area contributed by atoms with Crippen LogP contribution in [0.25, 0.3) is 50.4 Å². The Morgan fingerprint density at radius 2 is 1.75 bits per heavy atom. The van der Waals surface area contributed by atoms with Gasteiger partial charge in [0.2, 0.25) is 0 Å². The molecule has 4 heterocycles. The molecule has 0 fully saturated rings. The second-order valence-corrected chi connectivity index (χ2v) is 10.3. The predicted octanol–water partition coefficient (Wildman–Crippen LogP) is 7.05. The molecule has 0 N–H and O–H groups in total. The first-order chi connectivity index (χ1) is 19.7. The van der Waals surface area contributed by atoms with E-state index in [9.17, 15) is 5.26 Å². The van der Waals surface area contributed by atoms with Gasteiger partial charge < -0.3 is 9.13 Å². The molecule has 0 amide bonds. The lowest BCUT2D eigenvalue weighted by atomic mass is 10.0. The minimum Gasteiger partial charge on any atom is -0.341 e. The van der Waals surface area contributed by atoms with E-state index in [2.05, 4.69) is 74.8 Å². The molecule has 3 aromatic carbocycles. The van der Waals surface area contributed by atoms with E-state index in [1.165, 1.54) is 28.2 Å². The molecule has 7 nitrogen and oxygen atoms in total. The van der Waals surface area contributed by atoms with Crippen molar-refractivity contribution in [1.82, 2.24) is 29.1 Å². The van der Waals surface area contributed by atoms with Crippen LogP contribution in [0.2, 0.25) is 0 Å². The summed E-state index contributed by atoms with van der Waals surface area (Å²) in [5.74, 6) is 1.60. The number of fused-ring (bicyclic) bond motifs is 4. The Bertz CT molecular complexity index is 1930. The molecule has 7 rings (SSSR count). The van der Waals surface area contributed by atoms with Gasteiger partial charge in [-0.15, -0.1) is 10.2 Å². The van der Waals surface area contributed by atoms with E-state index in [1.54, 1.807) is 0 Å². The summed E-state index contributed by atoms with van der Waals surface area (Å²) in [6.07, 6.45) is 8.16. The molecule has 0 unspecified atom stereocenters. The average molecular weight is 524 g/mol. The Morgan fingerprint density at radius 3 is 2.60 bits per heavy atom. The molecule has 0 saturated heterocycles. The molecule has 196 valence electrons. The average Bonchev–Trinajstić information content (AvgIpc) is 3.64. The Morgan fingerprint density at radius 1 is 0.925 bits per heavy atom. The van der Waals surface area contributed by atoms with Crippen molar-refractivity contribution in [2.24, 2.45) is 0 Å². The summed E-state index contributed by atoms with van der Waals surface area (Å²) >= 11 is 0. The molecule has 0 atom stereocenters. The van der Waals surface area contributed by atoms with Gasteiger partial charge in [-0.3, -0.25) is 0 Å². The lowest BCUT2D eigenvalue weighted by Gasteiger charge is -2.06. The molecular formula is C33H29N7. The molecule has 7 heteroatoms. The van der Waals surface area contributed by atoms with E-state index in [0.717, 1.165) is 60.7 Å². The Balaban J connectivity index is 1.42. The first-order valence-electron chi connectivity index (χ1n) is 14.0. The van der Waals surface area contributed by atoms with Gasteiger partial charge >= 0.3 is 0 Å². The van der Waals surface area contributed by atoms with Gasteiger partial charge in [0.25, 0.3) is 0 Å². The van der Waals surface area contributed by atoms with Crippen LogP contribution in [0.4, 0.5) is 0 Å². The van der Waals surface area contributed by atoms with Gasteiger partial charge in [-0.05, 0) is 56.2 Å². The lowest BCUT2D eigenvalue weighted by Crippen LogP contribution is -2.05. The maximum absolute atomic E-state index is 10.3. The van der Waals surface area contributed by atoms with Gasteiger partial charge in [-0.1, -0.05) is 48.9 Å². The zero-order chi connectivity index (χ0) is 27.1. The number of rotatable bonds is 5. The number of nitrogens with zero attached hydrogens (tertiary/aromatic N) is 7. The number of aryl methyl sites for hydroxylation is 2. The molecule has 0 bridgehead atoms. The maximum atomic E-state index is 10.3. The number of hydrogen-bond acceptors (Lipinski definition) is 4. The lowest BCUT2D eigenvalue weighted by molar-refractivity contribution is 0.627. The Kier molecular flexibility index (Phi) is 6.01. The number of aromatic nitrogens is 6. The molecule has 0 saturated carbocycles. The molecule has 40 heavy (non-hydrogen) atoms. The van der Waals surface area contributed by atoms with Crippen LogP contribution < -0.4 is 0 Å². The third kappa shape index (κ3) is 4.00. The minimum atomic E-state index is 0.498. The van der Waals surface area contributed by atoms with E-state index >= 15 is 0 Å². The smallest absolute Gasteiger partial charge is 0.174 e. The molecule has 3 aromatic heterocycles. The van der Waals surface area contributed by atoms with Crippen LogP contribution in [-0.4, -0.2) is 29.1 Å². The Hall–Kier alpha value is -4.96. The van der Waals surface area contributed by atoms with Crippen molar-refractivity contribution in [3.05, 3.63) is 96.2 Å². The molecule has 0 aliphatic carbocycles. The van der Waals surface area contributed by atoms with Crippen LogP contribution in [0, 0.1) is 11.3 Å². The number of para-hydroxylation sites is 2. The van der Waals surface area contributed by atoms with Gasteiger partial charge in [-0.2, -0.15) is 10.4 Å². The molecule has 1 aliphatic rings. The number of benzene rings is 3. The largest absolute Gasteiger partial charge is 0.341 e. The van der Waals surface area contributed by atoms with Crippen molar-refractivity contribution in [3.63, 3.8) is 0 Å². The highest BCUT2D eigenvalue weighted by molar-refractivity contribution is 6.09. The highest BCUT2D eigenvalue weighted by Gasteiger charge is 2.20. The van der Waals surface area contributed by atoms with Gasteiger partial charge in [0.15, 0.2) is 5.82 Å². The van der Waals surface area contributed by atoms with Crippen molar-refractivity contribution >= 4 is 33.5 Å². The first kappa shape index (κ1) is 24.1. The zero-order valence-electron chi connectivity index (χ0n) is 22.5. The number of hydrogen-bond donors (Lipinski definition) is 0. The van der Waals surface area contributed by atoms with Crippen LogP contribution in [0.3, 0.4) is 0 Å². The quantitative estimate of drug-likeness (QED) is 0.227. The third-order valence-electron chi connectivity index (χ3n) is 7.90. The SMILES string of the molecule is CCn1c2ccccc2c2cc(-c3nn(-c4ccccc4)cc3C=C(C#N)c3nnc4n3CCCCC4)ccc21. The molecule has 0 radical (unpaired) electrons. The van der Waals surface area contributed by atoms with Crippen LogP contribution in [0.1, 0.15) is 43.4 Å². The van der Waals surface area contributed by atoms with Crippen LogP contribution in [0.15, 0.2) is 79.0 Å². The van der Waals surface area contributed by atoms with E-state index in [1.807, 2.05) is 47.3 Å². The van der Waals surface area contributed by atoms with Gasteiger partial charge in [-0.25, -0.2) is 4.68 Å². The summed E-state index contributed by atoms with van der Waals surface area (Å²) in [4.78, 5) is 0. The summed E-state index contributed by atoms with van der Waals surface area (Å²) in [6.45, 7) is 3.91.